The van der Waals surface area contributed by atoms with Crippen molar-refractivity contribution in [3.8, 4) is 17.6 Å². The molecule has 0 radical (unpaired) electrons. The molecule has 0 aliphatic heterocycles. The van der Waals surface area contributed by atoms with Crippen LogP contribution in [0.25, 0.3) is 0 Å². The fraction of sp³-hybridized carbons (Fsp3) is 0.364. The SMILES string of the molecule is COc1cc(OC)c([C@H](C)N)cc1C#N. The molecule has 2 N–H and O–H groups in total. The van der Waals surface area contributed by atoms with Crippen LogP contribution in [0.4, 0.5) is 0 Å². The van der Waals surface area contributed by atoms with Gasteiger partial charge in [0, 0.05) is 17.7 Å². The van der Waals surface area contributed by atoms with Crippen LogP contribution < -0.4 is 15.2 Å². The highest BCUT2D eigenvalue weighted by molar-refractivity contribution is 5.52. The first-order valence-electron chi connectivity index (χ1n) is 4.55. The van der Waals surface area contributed by atoms with Crippen molar-refractivity contribution in [1.29, 1.82) is 5.26 Å². The lowest BCUT2D eigenvalue weighted by molar-refractivity contribution is 0.388. The molecule has 4 nitrogen and oxygen atoms in total. The highest BCUT2D eigenvalue weighted by Gasteiger charge is 2.13. The summed E-state index contributed by atoms with van der Waals surface area (Å²) in [5, 5.41) is 8.91. The molecule has 0 fully saturated rings. The molecule has 0 aliphatic carbocycles. The molecule has 1 aromatic carbocycles. The molecule has 0 saturated carbocycles. The summed E-state index contributed by atoms with van der Waals surface area (Å²) in [4.78, 5) is 0. The van der Waals surface area contributed by atoms with E-state index in [1.165, 1.54) is 7.11 Å². The number of nitriles is 1. The van der Waals surface area contributed by atoms with Gasteiger partial charge in [-0.2, -0.15) is 5.26 Å². The fourth-order valence-corrected chi connectivity index (χ4v) is 1.37. The van der Waals surface area contributed by atoms with E-state index in [1.807, 2.05) is 6.92 Å². The second-order valence-corrected chi connectivity index (χ2v) is 3.19. The van der Waals surface area contributed by atoms with Crippen LogP contribution in [0.3, 0.4) is 0 Å². The van der Waals surface area contributed by atoms with Gasteiger partial charge in [0.1, 0.15) is 17.6 Å². The molecule has 0 aliphatic rings. The fourth-order valence-electron chi connectivity index (χ4n) is 1.37. The van der Waals surface area contributed by atoms with Crippen molar-refractivity contribution in [2.45, 2.75) is 13.0 Å². The van der Waals surface area contributed by atoms with E-state index in [9.17, 15) is 0 Å². The summed E-state index contributed by atoms with van der Waals surface area (Å²) in [5.74, 6) is 1.14. The number of nitrogens with two attached hydrogens (primary N) is 1. The Bertz CT molecular complexity index is 394. The summed E-state index contributed by atoms with van der Waals surface area (Å²) >= 11 is 0. The molecule has 4 heteroatoms. The van der Waals surface area contributed by atoms with Crippen molar-refractivity contribution in [3.05, 3.63) is 23.3 Å². The molecule has 0 heterocycles. The van der Waals surface area contributed by atoms with E-state index in [-0.39, 0.29) is 6.04 Å². The van der Waals surface area contributed by atoms with Crippen LogP contribution in [-0.4, -0.2) is 14.2 Å². The maximum Gasteiger partial charge on any atom is 0.140 e. The standard InChI is InChI=1S/C11H14N2O2/c1-7(13)9-4-8(6-12)10(14-2)5-11(9)15-3/h4-5,7H,13H2,1-3H3/t7-/m0/s1. The van der Waals surface area contributed by atoms with Gasteiger partial charge in [0.25, 0.3) is 0 Å². The van der Waals surface area contributed by atoms with Gasteiger partial charge in [0.05, 0.1) is 19.8 Å². The van der Waals surface area contributed by atoms with Crippen LogP contribution in [0.5, 0.6) is 11.5 Å². The van der Waals surface area contributed by atoms with Gasteiger partial charge in [-0.1, -0.05) is 0 Å². The van der Waals surface area contributed by atoms with Crippen molar-refractivity contribution in [2.24, 2.45) is 5.73 Å². The van der Waals surface area contributed by atoms with E-state index < -0.39 is 0 Å². The minimum Gasteiger partial charge on any atom is -0.496 e. The predicted molar refractivity (Wildman–Crippen MR) is 56.9 cm³/mol. The molecule has 1 aromatic rings. The van der Waals surface area contributed by atoms with E-state index in [0.29, 0.717) is 17.1 Å². The summed E-state index contributed by atoms with van der Waals surface area (Å²) in [5.41, 5.74) is 7.04. The quantitative estimate of drug-likeness (QED) is 0.815. The van der Waals surface area contributed by atoms with Crippen molar-refractivity contribution in [2.75, 3.05) is 14.2 Å². The Kier molecular flexibility index (Phi) is 3.53. The lowest BCUT2D eigenvalue weighted by atomic mass is 10.0. The third-order valence-electron chi connectivity index (χ3n) is 2.16. The van der Waals surface area contributed by atoms with Crippen LogP contribution in [0.2, 0.25) is 0 Å². The number of nitrogens with zero attached hydrogens (tertiary/aromatic N) is 1. The molecule has 1 atom stereocenters. The van der Waals surface area contributed by atoms with Crippen molar-refractivity contribution >= 4 is 0 Å². The predicted octanol–water partition coefficient (Wildman–Crippen LogP) is 1.60. The van der Waals surface area contributed by atoms with Crippen molar-refractivity contribution in [3.63, 3.8) is 0 Å². The lowest BCUT2D eigenvalue weighted by Crippen LogP contribution is -2.08. The van der Waals surface area contributed by atoms with E-state index in [4.69, 9.17) is 20.5 Å². The number of rotatable bonds is 3. The third kappa shape index (κ3) is 2.20. The zero-order chi connectivity index (χ0) is 11.4. The monoisotopic (exact) mass is 206 g/mol. The normalized spacial score (nSPS) is 11.7. The third-order valence-corrected chi connectivity index (χ3v) is 2.16. The molecule has 0 saturated heterocycles. The summed E-state index contributed by atoms with van der Waals surface area (Å²) in [6, 6.07) is 5.25. The van der Waals surface area contributed by atoms with Gasteiger partial charge in [-0.25, -0.2) is 0 Å². The van der Waals surface area contributed by atoms with Gasteiger partial charge in [0.15, 0.2) is 0 Å². The van der Waals surface area contributed by atoms with Gasteiger partial charge in [-0.05, 0) is 13.0 Å². The minimum atomic E-state index is -0.182. The molecule has 1 rings (SSSR count). The lowest BCUT2D eigenvalue weighted by Gasteiger charge is -2.14. The van der Waals surface area contributed by atoms with E-state index in [1.54, 1.807) is 19.2 Å². The first-order valence-corrected chi connectivity index (χ1v) is 4.55. The molecular weight excluding hydrogens is 192 g/mol. The zero-order valence-corrected chi connectivity index (χ0v) is 9.07. The second-order valence-electron chi connectivity index (χ2n) is 3.19. The number of hydrogen-bond donors (Lipinski definition) is 1. The minimum absolute atomic E-state index is 0.182. The maximum atomic E-state index is 8.91. The Balaban J connectivity index is 3.36. The molecule has 0 aromatic heterocycles. The Morgan fingerprint density at radius 1 is 1.27 bits per heavy atom. The Morgan fingerprint density at radius 2 is 1.87 bits per heavy atom. The summed E-state index contributed by atoms with van der Waals surface area (Å²) in [6.45, 7) is 1.84. The number of methoxy groups -OCH3 is 2. The van der Waals surface area contributed by atoms with Gasteiger partial charge < -0.3 is 15.2 Å². The molecule has 0 bridgehead atoms. The summed E-state index contributed by atoms with van der Waals surface area (Å²) < 4.78 is 10.2. The van der Waals surface area contributed by atoms with E-state index in [0.717, 1.165) is 5.56 Å². The highest BCUT2D eigenvalue weighted by atomic mass is 16.5. The smallest absolute Gasteiger partial charge is 0.140 e. The number of benzene rings is 1. The number of ether oxygens (including phenoxy) is 2. The van der Waals surface area contributed by atoms with Crippen LogP contribution >= 0.6 is 0 Å². The van der Waals surface area contributed by atoms with E-state index >= 15 is 0 Å². The average Bonchev–Trinajstić information content (AvgIpc) is 2.26. The summed E-state index contributed by atoms with van der Waals surface area (Å²) in [7, 11) is 3.08. The van der Waals surface area contributed by atoms with Crippen LogP contribution in [-0.2, 0) is 0 Å². The first kappa shape index (κ1) is 11.3. The second kappa shape index (κ2) is 4.67. The first-order chi connectivity index (χ1) is 7.13. The van der Waals surface area contributed by atoms with Crippen LogP contribution in [0, 0.1) is 11.3 Å². The largest absolute Gasteiger partial charge is 0.496 e. The topological polar surface area (TPSA) is 68.3 Å². The Morgan fingerprint density at radius 3 is 2.27 bits per heavy atom. The summed E-state index contributed by atoms with van der Waals surface area (Å²) in [6.07, 6.45) is 0. The molecule has 80 valence electrons. The highest BCUT2D eigenvalue weighted by Crippen LogP contribution is 2.31. The number of hydrogen-bond acceptors (Lipinski definition) is 4. The van der Waals surface area contributed by atoms with Gasteiger partial charge in [-0.15, -0.1) is 0 Å². The molecule has 0 spiro atoms. The molecule has 15 heavy (non-hydrogen) atoms. The van der Waals surface area contributed by atoms with Gasteiger partial charge in [0.2, 0.25) is 0 Å². The zero-order valence-electron chi connectivity index (χ0n) is 9.07. The van der Waals surface area contributed by atoms with Crippen LogP contribution in [0.15, 0.2) is 12.1 Å². The van der Waals surface area contributed by atoms with Gasteiger partial charge >= 0.3 is 0 Å². The Labute approximate surface area is 89.2 Å². The van der Waals surface area contributed by atoms with Crippen LogP contribution in [0.1, 0.15) is 24.1 Å². The molecule has 0 unspecified atom stereocenters. The van der Waals surface area contributed by atoms with Crippen molar-refractivity contribution in [1.82, 2.24) is 0 Å². The molecule has 0 amide bonds. The maximum absolute atomic E-state index is 8.91. The van der Waals surface area contributed by atoms with E-state index in [2.05, 4.69) is 6.07 Å². The molecular formula is C11H14N2O2. The van der Waals surface area contributed by atoms with Crippen molar-refractivity contribution < 1.29 is 9.47 Å². The van der Waals surface area contributed by atoms with Gasteiger partial charge in [-0.3, -0.25) is 0 Å². The Hall–Kier alpha value is -1.73. The average molecular weight is 206 g/mol.